The molecule has 2 N–H and O–H groups in total. The Morgan fingerprint density at radius 2 is 1.57 bits per heavy atom. The van der Waals surface area contributed by atoms with Gasteiger partial charge in [-0.3, -0.25) is 9.69 Å². The lowest BCUT2D eigenvalue weighted by molar-refractivity contribution is 0.0342. The van der Waals surface area contributed by atoms with Gasteiger partial charge in [0.05, 0.1) is 23.5 Å². The molecule has 42 heavy (non-hydrogen) atoms. The number of carbonyl (C=O) groups excluding carboxylic acids is 1. The van der Waals surface area contributed by atoms with Crippen LogP contribution in [0.15, 0.2) is 85.2 Å². The van der Waals surface area contributed by atoms with Crippen molar-refractivity contribution < 1.29 is 14.3 Å². The Labute approximate surface area is 250 Å². The maximum absolute atomic E-state index is 13.3. The molecule has 1 amide bonds. The quantitative estimate of drug-likeness (QED) is 0.195. The average molecular weight is 582 g/mol. The molecule has 1 aliphatic rings. The number of hydrogen-bond acceptors (Lipinski definition) is 8. The van der Waals surface area contributed by atoms with Gasteiger partial charge >= 0.3 is 0 Å². The summed E-state index contributed by atoms with van der Waals surface area (Å²) in [7, 11) is 0. The summed E-state index contributed by atoms with van der Waals surface area (Å²) < 4.78 is 11.3. The Balaban J connectivity index is 0.00000173. The van der Waals surface area contributed by atoms with Gasteiger partial charge in [0.15, 0.2) is 0 Å². The Kier molecular flexibility index (Phi) is 9.76. The molecule has 0 radical (unpaired) electrons. The molecule has 0 unspecified atom stereocenters. The molecular formula is C33H35N5O3S. The summed E-state index contributed by atoms with van der Waals surface area (Å²) in [6.45, 7) is 10.3. The molecule has 216 valence electrons. The van der Waals surface area contributed by atoms with E-state index in [0.29, 0.717) is 10.7 Å². The van der Waals surface area contributed by atoms with Crippen LogP contribution in [0.3, 0.4) is 0 Å². The van der Waals surface area contributed by atoms with Crippen LogP contribution in [0.5, 0.6) is 11.5 Å². The van der Waals surface area contributed by atoms with Crippen LogP contribution in [-0.2, 0) is 11.3 Å². The molecule has 0 aliphatic carbocycles. The largest absolute Gasteiger partial charge is 0.457 e. The molecule has 0 bridgehead atoms. The van der Waals surface area contributed by atoms with Crippen molar-refractivity contribution in [2.45, 2.75) is 27.3 Å². The fraction of sp³-hybridized carbons (Fsp3) is 0.242. The van der Waals surface area contributed by atoms with Gasteiger partial charge in [0.25, 0.3) is 5.91 Å². The van der Waals surface area contributed by atoms with Crippen LogP contribution in [-0.4, -0.2) is 47.1 Å². The fourth-order valence-corrected chi connectivity index (χ4v) is 5.69. The van der Waals surface area contributed by atoms with E-state index >= 15 is 0 Å². The molecule has 0 saturated carbocycles. The SMILES string of the molecule is CC.Cc1c(C(=O)Nc2ccc(CN3CCOCC3)cc2)sc2ncnc(Nc3ccc(Oc4ccccc4)cc3)c12. The van der Waals surface area contributed by atoms with Crippen LogP contribution in [0.1, 0.15) is 34.6 Å². The smallest absolute Gasteiger partial charge is 0.266 e. The molecule has 8 nitrogen and oxygen atoms in total. The molecule has 6 rings (SSSR count). The third-order valence-corrected chi connectivity index (χ3v) is 7.95. The van der Waals surface area contributed by atoms with Gasteiger partial charge in [-0.25, -0.2) is 9.97 Å². The zero-order chi connectivity index (χ0) is 29.3. The minimum atomic E-state index is -0.158. The lowest BCUT2D eigenvalue weighted by Crippen LogP contribution is -2.35. The van der Waals surface area contributed by atoms with Crippen LogP contribution in [0, 0.1) is 6.92 Å². The van der Waals surface area contributed by atoms with Crippen molar-refractivity contribution >= 4 is 44.7 Å². The summed E-state index contributed by atoms with van der Waals surface area (Å²) in [5, 5.41) is 7.25. The van der Waals surface area contributed by atoms with Gasteiger partial charge in [-0.05, 0) is 66.6 Å². The highest BCUT2D eigenvalue weighted by Crippen LogP contribution is 2.35. The third kappa shape index (κ3) is 7.12. The number of aryl methyl sites for hydroxylation is 1. The predicted molar refractivity (Wildman–Crippen MR) is 170 cm³/mol. The summed E-state index contributed by atoms with van der Waals surface area (Å²) in [4.78, 5) is 25.9. The summed E-state index contributed by atoms with van der Waals surface area (Å²) in [6.07, 6.45) is 1.52. The van der Waals surface area contributed by atoms with Crippen LogP contribution in [0.4, 0.5) is 17.2 Å². The first-order chi connectivity index (χ1) is 20.6. The number of ether oxygens (including phenoxy) is 2. The molecule has 2 aromatic heterocycles. The summed E-state index contributed by atoms with van der Waals surface area (Å²) in [5.41, 5.74) is 3.67. The molecule has 9 heteroatoms. The average Bonchev–Trinajstić information content (AvgIpc) is 3.38. The van der Waals surface area contributed by atoms with Crippen molar-refractivity contribution in [3.63, 3.8) is 0 Å². The Bertz CT molecular complexity index is 1600. The van der Waals surface area contributed by atoms with Gasteiger partial charge in [0.1, 0.15) is 28.5 Å². The monoisotopic (exact) mass is 581 g/mol. The second kappa shape index (κ2) is 14.0. The van der Waals surface area contributed by atoms with Crippen molar-refractivity contribution in [1.29, 1.82) is 0 Å². The first kappa shape index (κ1) is 29.2. The number of thiophene rings is 1. The topological polar surface area (TPSA) is 88.6 Å². The highest BCUT2D eigenvalue weighted by atomic mass is 32.1. The normalized spacial score (nSPS) is 13.2. The van der Waals surface area contributed by atoms with E-state index in [4.69, 9.17) is 9.47 Å². The van der Waals surface area contributed by atoms with Crippen LogP contribution in [0.2, 0.25) is 0 Å². The van der Waals surface area contributed by atoms with Gasteiger partial charge in [-0.1, -0.05) is 44.2 Å². The Hall–Kier alpha value is -4.31. The van der Waals surface area contributed by atoms with Crippen LogP contribution in [0.25, 0.3) is 10.2 Å². The number of anilines is 3. The van der Waals surface area contributed by atoms with Crippen molar-refractivity contribution in [1.82, 2.24) is 14.9 Å². The maximum atomic E-state index is 13.3. The highest BCUT2D eigenvalue weighted by Gasteiger charge is 2.20. The van der Waals surface area contributed by atoms with Gasteiger partial charge in [-0.2, -0.15) is 0 Å². The minimum absolute atomic E-state index is 0.158. The van der Waals surface area contributed by atoms with Gasteiger partial charge in [0.2, 0.25) is 0 Å². The number of amides is 1. The van der Waals surface area contributed by atoms with Crippen LogP contribution >= 0.6 is 11.3 Å². The number of fused-ring (bicyclic) bond motifs is 1. The van der Waals surface area contributed by atoms with Crippen molar-refractivity contribution in [2.75, 3.05) is 36.9 Å². The van der Waals surface area contributed by atoms with E-state index in [0.717, 1.165) is 71.5 Å². The number of aromatic nitrogens is 2. The number of carbonyl (C=O) groups is 1. The molecule has 0 atom stereocenters. The van der Waals surface area contributed by atoms with E-state index in [1.165, 1.54) is 23.2 Å². The van der Waals surface area contributed by atoms with E-state index in [1.54, 1.807) is 0 Å². The number of morpholine rings is 1. The molecule has 3 aromatic carbocycles. The number of nitrogens with zero attached hydrogens (tertiary/aromatic N) is 3. The zero-order valence-electron chi connectivity index (χ0n) is 24.1. The minimum Gasteiger partial charge on any atom is -0.457 e. The number of rotatable bonds is 8. The first-order valence-corrected chi connectivity index (χ1v) is 15.0. The maximum Gasteiger partial charge on any atom is 0.266 e. The molecule has 5 aromatic rings. The van der Waals surface area contributed by atoms with Crippen molar-refractivity contribution in [3.8, 4) is 11.5 Å². The van der Waals surface area contributed by atoms with Gasteiger partial charge < -0.3 is 20.1 Å². The summed E-state index contributed by atoms with van der Waals surface area (Å²) in [5.74, 6) is 2.02. The van der Waals surface area contributed by atoms with E-state index in [2.05, 4.69) is 37.6 Å². The van der Waals surface area contributed by atoms with E-state index < -0.39 is 0 Å². The standard InChI is InChI=1S/C31H29N5O3S.C2H6/c1-21-27-29(34-23-11-13-26(14-12-23)39-25-5-3-2-4-6-25)32-20-33-31(27)40-28(21)30(37)35-24-9-7-22(8-10-24)19-36-15-17-38-18-16-36;1-2/h2-14,20H,15-19H2,1H3,(H,35,37)(H,32,33,34);1-2H3. The molecule has 1 fully saturated rings. The Morgan fingerprint density at radius 3 is 2.29 bits per heavy atom. The number of benzene rings is 3. The predicted octanol–water partition coefficient (Wildman–Crippen LogP) is 7.65. The van der Waals surface area contributed by atoms with Crippen molar-refractivity contribution in [3.05, 3.63) is 101 Å². The summed E-state index contributed by atoms with van der Waals surface area (Å²) >= 11 is 1.36. The molecular weight excluding hydrogens is 546 g/mol. The second-order valence-electron chi connectivity index (χ2n) is 9.56. The number of hydrogen-bond donors (Lipinski definition) is 2. The van der Waals surface area contributed by atoms with E-state index in [1.807, 2.05) is 87.5 Å². The second-order valence-corrected chi connectivity index (χ2v) is 10.6. The van der Waals surface area contributed by atoms with Crippen molar-refractivity contribution in [2.24, 2.45) is 0 Å². The molecule has 0 spiro atoms. The van der Waals surface area contributed by atoms with E-state index in [-0.39, 0.29) is 5.91 Å². The van der Waals surface area contributed by atoms with Crippen LogP contribution < -0.4 is 15.4 Å². The highest BCUT2D eigenvalue weighted by molar-refractivity contribution is 7.20. The lowest BCUT2D eigenvalue weighted by atomic mass is 10.1. The molecule has 1 aliphatic heterocycles. The lowest BCUT2D eigenvalue weighted by Gasteiger charge is -2.26. The van der Waals surface area contributed by atoms with E-state index in [9.17, 15) is 4.79 Å². The van der Waals surface area contributed by atoms with Gasteiger partial charge in [0, 0.05) is 31.0 Å². The Morgan fingerprint density at radius 1 is 0.905 bits per heavy atom. The number of nitrogens with one attached hydrogen (secondary N) is 2. The zero-order valence-corrected chi connectivity index (χ0v) is 24.9. The summed E-state index contributed by atoms with van der Waals surface area (Å²) in [6, 6.07) is 25.4. The molecule has 1 saturated heterocycles. The third-order valence-electron chi connectivity index (χ3n) is 6.75. The van der Waals surface area contributed by atoms with Gasteiger partial charge in [-0.15, -0.1) is 11.3 Å². The fourth-order valence-electron chi connectivity index (χ4n) is 4.65. The molecule has 3 heterocycles. The number of para-hydroxylation sites is 1. The first-order valence-electron chi connectivity index (χ1n) is 14.2.